The molecule has 0 saturated carbocycles. The first-order valence-corrected chi connectivity index (χ1v) is 4.49. The molecule has 0 saturated heterocycles. The van der Waals surface area contributed by atoms with Crippen molar-refractivity contribution in [3.05, 3.63) is 16.1 Å². The van der Waals surface area contributed by atoms with E-state index in [9.17, 15) is 5.11 Å². The fourth-order valence-corrected chi connectivity index (χ4v) is 1.55. The molecular weight excluding hydrogens is 158 g/mol. The summed E-state index contributed by atoms with van der Waals surface area (Å²) < 4.78 is 0. The second-order valence-electron chi connectivity index (χ2n) is 3.35. The summed E-state index contributed by atoms with van der Waals surface area (Å²) in [5, 5.41) is 12.5. The van der Waals surface area contributed by atoms with Gasteiger partial charge in [-0.2, -0.15) is 0 Å². The Morgan fingerprint density at radius 1 is 1.64 bits per heavy atom. The lowest BCUT2D eigenvalue weighted by atomic mass is 10.0. The first-order chi connectivity index (χ1) is 4.97. The second kappa shape index (κ2) is 2.91. The zero-order chi connectivity index (χ0) is 8.48. The lowest BCUT2D eigenvalue weighted by Gasteiger charge is -2.14. The van der Waals surface area contributed by atoms with Crippen LogP contribution in [0.3, 0.4) is 0 Å². The molecule has 0 aliphatic heterocycles. The molecule has 3 heteroatoms. The maximum atomic E-state index is 9.44. The van der Waals surface area contributed by atoms with Crippen LogP contribution in [0.1, 0.15) is 24.5 Å². The quantitative estimate of drug-likeness (QED) is 0.735. The highest BCUT2D eigenvalue weighted by Crippen LogP contribution is 2.14. The third-order valence-electron chi connectivity index (χ3n) is 1.28. The summed E-state index contributed by atoms with van der Waals surface area (Å²) in [5.41, 5.74) is 0.348. The summed E-state index contributed by atoms with van der Waals surface area (Å²) in [6.45, 7) is 5.56. The molecule has 0 fully saturated rings. The van der Waals surface area contributed by atoms with Gasteiger partial charge in [-0.05, 0) is 20.8 Å². The van der Waals surface area contributed by atoms with Gasteiger partial charge in [-0.3, -0.25) is 0 Å². The van der Waals surface area contributed by atoms with Crippen LogP contribution < -0.4 is 0 Å². The number of hydrogen-bond donors (Lipinski definition) is 1. The van der Waals surface area contributed by atoms with E-state index in [1.54, 1.807) is 25.2 Å². The van der Waals surface area contributed by atoms with Crippen molar-refractivity contribution in [3.8, 4) is 0 Å². The minimum Gasteiger partial charge on any atom is -0.390 e. The Bertz CT molecular complexity index is 236. The van der Waals surface area contributed by atoms with E-state index in [4.69, 9.17) is 0 Å². The van der Waals surface area contributed by atoms with Gasteiger partial charge in [0, 0.05) is 11.8 Å². The highest BCUT2D eigenvalue weighted by molar-refractivity contribution is 7.09. The second-order valence-corrected chi connectivity index (χ2v) is 4.41. The van der Waals surface area contributed by atoms with Gasteiger partial charge in [0.05, 0.1) is 16.3 Å². The smallest absolute Gasteiger partial charge is 0.0897 e. The maximum Gasteiger partial charge on any atom is 0.0897 e. The average Bonchev–Trinajstić information content (AvgIpc) is 2.10. The SMILES string of the molecule is Cc1nc(CC(C)(C)O)cs1. The molecule has 0 amide bonds. The number of hydrogen-bond acceptors (Lipinski definition) is 3. The van der Waals surface area contributed by atoms with Crippen molar-refractivity contribution in [2.75, 3.05) is 0 Å². The van der Waals surface area contributed by atoms with Crippen LogP contribution in [0.15, 0.2) is 5.38 Å². The Balaban J connectivity index is 2.65. The van der Waals surface area contributed by atoms with E-state index < -0.39 is 5.60 Å². The Morgan fingerprint density at radius 2 is 2.27 bits per heavy atom. The molecule has 0 aliphatic rings. The fraction of sp³-hybridized carbons (Fsp3) is 0.625. The summed E-state index contributed by atoms with van der Waals surface area (Å²) in [4.78, 5) is 4.25. The van der Waals surface area contributed by atoms with Crippen molar-refractivity contribution in [1.29, 1.82) is 0 Å². The molecule has 1 rings (SSSR count). The van der Waals surface area contributed by atoms with Crippen molar-refractivity contribution in [2.24, 2.45) is 0 Å². The van der Waals surface area contributed by atoms with Crippen LogP contribution in [-0.4, -0.2) is 15.7 Å². The third-order valence-corrected chi connectivity index (χ3v) is 2.10. The highest BCUT2D eigenvalue weighted by atomic mass is 32.1. The number of rotatable bonds is 2. The van der Waals surface area contributed by atoms with E-state index in [-0.39, 0.29) is 0 Å². The Hall–Kier alpha value is -0.410. The first-order valence-electron chi connectivity index (χ1n) is 3.61. The molecule has 0 aromatic carbocycles. The van der Waals surface area contributed by atoms with Crippen molar-refractivity contribution in [3.63, 3.8) is 0 Å². The number of aromatic nitrogens is 1. The number of thiazole rings is 1. The van der Waals surface area contributed by atoms with Crippen LogP contribution in [0.5, 0.6) is 0 Å². The minimum atomic E-state index is -0.638. The molecule has 1 aromatic heterocycles. The standard InChI is InChI=1S/C8H13NOS/c1-6-9-7(5-11-6)4-8(2,3)10/h5,10H,4H2,1-3H3. The van der Waals surface area contributed by atoms with Gasteiger partial charge in [0.2, 0.25) is 0 Å². The molecule has 0 spiro atoms. The predicted octanol–water partition coefficient (Wildman–Crippen LogP) is 1.76. The van der Waals surface area contributed by atoms with Crippen LogP contribution in [0.25, 0.3) is 0 Å². The molecule has 0 atom stereocenters. The molecule has 1 aromatic rings. The van der Waals surface area contributed by atoms with Gasteiger partial charge in [0.1, 0.15) is 0 Å². The van der Waals surface area contributed by atoms with E-state index in [1.807, 2.05) is 12.3 Å². The van der Waals surface area contributed by atoms with Gasteiger partial charge < -0.3 is 5.11 Å². The zero-order valence-electron chi connectivity index (χ0n) is 7.09. The molecule has 1 N–H and O–H groups in total. The van der Waals surface area contributed by atoms with E-state index in [2.05, 4.69) is 4.98 Å². The summed E-state index contributed by atoms with van der Waals surface area (Å²) in [5.74, 6) is 0. The van der Waals surface area contributed by atoms with Crippen molar-refractivity contribution < 1.29 is 5.11 Å². The number of aliphatic hydroxyl groups is 1. The van der Waals surface area contributed by atoms with Gasteiger partial charge >= 0.3 is 0 Å². The minimum absolute atomic E-state index is 0.636. The summed E-state index contributed by atoms with van der Waals surface area (Å²) >= 11 is 1.62. The fourth-order valence-electron chi connectivity index (χ4n) is 0.933. The maximum absolute atomic E-state index is 9.44. The lowest BCUT2D eigenvalue weighted by Crippen LogP contribution is -2.21. The van der Waals surface area contributed by atoms with E-state index in [0.29, 0.717) is 6.42 Å². The molecule has 0 bridgehead atoms. The summed E-state index contributed by atoms with van der Waals surface area (Å²) in [6.07, 6.45) is 0.636. The van der Waals surface area contributed by atoms with Crippen molar-refractivity contribution in [2.45, 2.75) is 32.8 Å². The number of nitrogens with zero attached hydrogens (tertiary/aromatic N) is 1. The molecule has 1 heterocycles. The van der Waals surface area contributed by atoms with E-state index in [0.717, 1.165) is 10.7 Å². The van der Waals surface area contributed by atoms with Crippen molar-refractivity contribution in [1.82, 2.24) is 4.98 Å². The highest BCUT2D eigenvalue weighted by Gasteiger charge is 2.14. The van der Waals surface area contributed by atoms with Crippen LogP contribution in [-0.2, 0) is 6.42 Å². The molecular formula is C8H13NOS. The summed E-state index contributed by atoms with van der Waals surface area (Å²) in [7, 11) is 0. The van der Waals surface area contributed by atoms with Gasteiger partial charge in [0.15, 0.2) is 0 Å². The van der Waals surface area contributed by atoms with Gasteiger partial charge in [-0.1, -0.05) is 0 Å². The largest absolute Gasteiger partial charge is 0.390 e. The molecule has 0 unspecified atom stereocenters. The zero-order valence-corrected chi connectivity index (χ0v) is 7.90. The Labute approximate surface area is 70.9 Å². The Morgan fingerprint density at radius 3 is 2.64 bits per heavy atom. The van der Waals surface area contributed by atoms with Crippen LogP contribution in [0.4, 0.5) is 0 Å². The van der Waals surface area contributed by atoms with Gasteiger partial charge in [-0.15, -0.1) is 11.3 Å². The summed E-state index contributed by atoms with van der Waals surface area (Å²) in [6, 6.07) is 0. The van der Waals surface area contributed by atoms with E-state index in [1.165, 1.54) is 0 Å². The molecule has 62 valence electrons. The normalized spacial score (nSPS) is 12.0. The Kier molecular flexibility index (Phi) is 2.30. The topological polar surface area (TPSA) is 33.1 Å². The molecule has 0 radical (unpaired) electrons. The molecule has 11 heavy (non-hydrogen) atoms. The van der Waals surface area contributed by atoms with Crippen molar-refractivity contribution >= 4 is 11.3 Å². The van der Waals surface area contributed by atoms with Crippen LogP contribution in [0.2, 0.25) is 0 Å². The third kappa shape index (κ3) is 2.99. The van der Waals surface area contributed by atoms with Gasteiger partial charge in [-0.25, -0.2) is 4.98 Å². The van der Waals surface area contributed by atoms with Crippen LogP contribution in [0, 0.1) is 6.92 Å². The number of aryl methyl sites for hydroxylation is 1. The van der Waals surface area contributed by atoms with E-state index >= 15 is 0 Å². The monoisotopic (exact) mass is 171 g/mol. The predicted molar refractivity (Wildman–Crippen MR) is 46.9 cm³/mol. The molecule has 2 nitrogen and oxygen atoms in total. The molecule has 0 aliphatic carbocycles. The van der Waals surface area contributed by atoms with Gasteiger partial charge in [0.25, 0.3) is 0 Å². The van der Waals surface area contributed by atoms with Crippen LogP contribution >= 0.6 is 11.3 Å². The average molecular weight is 171 g/mol. The lowest BCUT2D eigenvalue weighted by molar-refractivity contribution is 0.0801. The first kappa shape index (κ1) is 8.68.